The van der Waals surface area contributed by atoms with Crippen LogP contribution in [0.5, 0.6) is 0 Å². The molecular formula is C13H29NO2. The minimum Gasteiger partial charge on any atom is -0.383 e. The molecule has 0 aliphatic rings. The molecule has 0 bridgehead atoms. The monoisotopic (exact) mass is 231 g/mol. The summed E-state index contributed by atoms with van der Waals surface area (Å²) in [4.78, 5) is 0. The topological polar surface area (TPSA) is 30.5 Å². The van der Waals surface area contributed by atoms with Crippen LogP contribution in [0.15, 0.2) is 0 Å². The molecule has 1 N–H and O–H groups in total. The van der Waals surface area contributed by atoms with Crippen molar-refractivity contribution in [1.82, 2.24) is 5.32 Å². The van der Waals surface area contributed by atoms with Gasteiger partial charge in [-0.05, 0) is 13.0 Å². The average Bonchev–Trinajstić information content (AvgIpc) is 2.28. The molecule has 0 aromatic rings. The molecular weight excluding hydrogens is 202 g/mol. The van der Waals surface area contributed by atoms with Crippen LogP contribution >= 0.6 is 0 Å². The van der Waals surface area contributed by atoms with Crippen molar-refractivity contribution < 1.29 is 9.47 Å². The van der Waals surface area contributed by atoms with E-state index in [1.54, 1.807) is 7.11 Å². The lowest BCUT2D eigenvalue weighted by Crippen LogP contribution is -2.37. The second-order valence-corrected chi connectivity index (χ2v) is 4.20. The van der Waals surface area contributed by atoms with E-state index in [0.29, 0.717) is 6.04 Å². The van der Waals surface area contributed by atoms with Crippen molar-refractivity contribution in [3.63, 3.8) is 0 Å². The van der Waals surface area contributed by atoms with Crippen molar-refractivity contribution in [2.45, 2.75) is 52.0 Å². The van der Waals surface area contributed by atoms with E-state index in [4.69, 9.17) is 9.47 Å². The lowest BCUT2D eigenvalue weighted by atomic mass is 10.2. The van der Waals surface area contributed by atoms with Gasteiger partial charge in [0.1, 0.15) is 0 Å². The molecule has 0 amide bonds. The molecule has 0 aromatic heterocycles. The van der Waals surface area contributed by atoms with E-state index in [1.165, 1.54) is 32.1 Å². The molecule has 1 unspecified atom stereocenters. The fraction of sp³-hybridized carbons (Fsp3) is 1.00. The summed E-state index contributed by atoms with van der Waals surface area (Å²) in [7, 11) is 1.73. The first kappa shape index (κ1) is 15.9. The zero-order valence-corrected chi connectivity index (χ0v) is 11.3. The van der Waals surface area contributed by atoms with Crippen LogP contribution in [-0.2, 0) is 9.47 Å². The smallest absolute Gasteiger partial charge is 0.0642 e. The quantitative estimate of drug-likeness (QED) is 0.524. The van der Waals surface area contributed by atoms with Gasteiger partial charge >= 0.3 is 0 Å². The van der Waals surface area contributed by atoms with Gasteiger partial charge < -0.3 is 14.8 Å². The predicted octanol–water partition coefficient (Wildman–Crippen LogP) is 2.60. The van der Waals surface area contributed by atoms with Crippen LogP contribution in [0, 0.1) is 0 Å². The Bertz CT molecular complexity index is 125. The number of hydrogen-bond acceptors (Lipinski definition) is 3. The van der Waals surface area contributed by atoms with E-state index in [9.17, 15) is 0 Å². The molecule has 3 heteroatoms. The van der Waals surface area contributed by atoms with Crippen molar-refractivity contribution in [2.24, 2.45) is 0 Å². The van der Waals surface area contributed by atoms with Crippen LogP contribution in [0.3, 0.4) is 0 Å². The summed E-state index contributed by atoms with van der Waals surface area (Å²) in [5.41, 5.74) is 0. The first-order chi connectivity index (χ1) is 7.85. The summed E-state index contributed by atoms with van der Waals surface area (Å²) in [6.07, 6.45) is 6.48. The maximum Gasteiger partial charge on any atom is 0.0642 e. The minimum absolute atomic E-state index is 0.339. The van der Waals surface area contributed by atoms with Gasteiger partial charge in [-0.1, -0.05) is 39.5 Å². The first-order valence-corrected chi connectivity index (χ1v) is 6.65. The largest absolute Gasteiger partial charge is 0.383 e. The zero-order valence-electron chi connectivity index (χ0n) is 11.3. The van der Waals surface area contributed by atoms with E-state index in [0.717, 1.165) is 26.4 Å². The Hall–Kier alpha value is -0.120. The highest BCUT2D eigenvalue weighted by atomic mass is 16.5. The molecule has 0 fully saturated rings. The van der Waals surface area contributed by atoms with Gasteiger partial charge in [-0.15, -0.1) is 0 Å². The molecule has 98 valence electrons. The van der Waals surface area contributed by atoms with Crippen molar-refractivity contribution in [3.05, 3.63) is 0 Å². The summed E-state index contributed by atoms with van der Waals surface area (Å²) < 4.78 is 10.8. The minimum atomic E-state index is 0.339. The predicted molar refractivity (Wildman–Crippen MR) is 68.9 cm³/mol. The van der Waals surface area contributed by atoms with E-state index in [-0.39, 0.29) is 0 Å². The molecule has 0 aliphatic heterocycles. The summed E-state index contributed by atoms with van der Waals surface area (Å²) in [6.45, 7) is 7.68. The highest BCUT2D eigenvalue weighted by molar-refractivity contribution is 4.63. The SMILES string of the molecule is CCCCCCCOCC(COC)NCC. The Morgan fingerprint density at radius 2 is 1.75 bits per heavy atom. The molecule has 0 spiro atoms. The average molecular weight is 231 g/mol. The number of methoxy groups -OCH3 is 1. The Labute approximate surface area is 101 Å². The molecule has 0 aliphatic carbocycles. The van der Waals surface area contributed by atoms with Crippen molar-refractivity contribution in [2.75, 3.05) is 33.5 Å². The third-order valence-corrected chi connectivity index (χ3v) is 2.57. The summed E-state index contributed by atoms with van der Waals surface area (Å²) in [5, 5.41) is 3.34. The van der Waals surface area contributed by atoms with Crippen LogP contribution in [0.25, 0.3) is 0 Å². The van der Waals surface area contributed by atoms with Gasteiger partial charge in [0, 0.05) is 13.7 Å². The number of ether oxygens (including phenoxy) is 2. The Morgan fingerprint density at radius 3 is 2.38 bits per heavy atom. The van der Waals surface area contributed by atoms with Gasteiger partial charge in [-0.2, -0.15) is 0 Å². The van der Waals surface area contributed by atoms with E-state index in [2.05, 4.69) is 19.2 Å². The molecule has 1 atom stereocenters. The third kappa shape index (κ3) is 10.4. The van der Waals surface area contributed by atoms with Gasteiger partial charge in [-0.25, -0.2) is 0 Å². The van der Waals surface area contributed by atoms with E-state index < -0.39 is 0 Å². The van der Waals surface area contributed by atoms with Gasteiger partial charge in [0.25, 0.3) is 0 Å². The van der Waals surface area contributed by atoms with Gasteiger partial charge in [0.2, 0.25) is 0 Å². The molecule has 0 saturated carbocycles. The molecule has 0 rings (SSSR count). The summed E-state index contributed by atoms with van der Waals surface area (Å²) >= 11 is 0. The Morgan fingerprint density at radius 1 is 1.00 bits per heavy atom. The highest BCUT2D eigenvalue weighted by Crippen LogP contribution is 2.02. The van der Waals surface area contributed by atoms with Crippen LogP contribution in [0.2, 0.25) is 0 Å². The summed E-state index contributed by atoms with van der Waals surface area (Å²) in [5.74, 6) is 0. The van der Waals surface area contributed by atoms with Gasteiger partial charge in [-0.3, -0.25) is 0 Å². The van der Waals surface area contributed by atoms with Crippen molar-refractivity contribution in [3.8, 4) is 0 Å². The van der Waals surface area contributed by atoms with Crippen LogP contribution in [0.4, 0.5) is 0 Å². The van der Waals surface area contributed by atoms with Crippen LogP contribution < -0.4 is 5.32 Å². The lowest BCUT2D eigenvalue weighted by molar-refractivity contribution is 0.0728. The highest BCUT2D eigenvalue weighted by Gasteiger charge is 2.05. The van der Waals surface area contributed by atoms with Crippen molar-refractivity contribution >= 4 is 0 Å². The fourth-order valence-electron chi connectivity index (χ4n) is 1.69. The summed E-state index contributed by atoms with van der Waals surface area (Å²) in [6, 6.07) is 0.339. The standard InChI is InChI=1S/C13H29NO2/c1-4-6-7-8-9-10-16-12-13(11-15-3)14-5-2/h13-14H,4-12H2,1-3H3. The second-order valence-electron chi connectivity index (χ2n) is 4.20. The zero-order chi connectivity index (χ0) is 12.1. The van der Waals surface area contributed by atoms with Crippen LogP contribution in [-0.4, -0.2) is 39.5 Å². The Balaban J connectivity index is 3.25. The molecule has 0 saturated heterocycles. The molecule has 0 heterocycles. The normalized spacial score (nSPS) is 12.9. The van der Waals surface area contributed by atoms with Gasteiger partial charge in [0.15, 0.2) is 0 Å². The molecule has 16 heavy (non-hydrogen) atoms. The fourth-order valence-corrected chi connectivity index (χ4v) is 1.69. The molecule has 0 radical (unpaired) electrons. The number of hydrogen-bond donors (Lipinski definition) is 1. The van der Waals surface area contributed by atoms with Crippen molar-refractivity contribution in [1.29, 1.82) is 0 Å². The maximum absolute atomic E-state index is 5.64. The van der Waals surface area contributed by atoms with Crippen LogP contribution in [0.1, 0.15) is 46.0 Å². The number of rotatable bonds is 12. The first-order valence-electron chi connectivity index (χ1n) is 6.65. The van der Waals surface area contributed by atoms with E-state index in [1.807, 2.05) is 0 Å². The number of unbranched alkanes of at least 4 members (excludes halogenated alkanes) is 4. The van der Waals surface area contributed by atoms with E-state index >= 15 is 0 Å². The Kier molecular flexibility index (Phi) is 12.9. The third-order valence-electron chi connectivity index (χ3n) is 2.57. The van der Waals surface area contributed by atoms with Gasteiger partial charge in [0.05, 0.1) is 19.3 Å². The lowest BCUT2D eigenvalue weighted by Gasteiger charge is -2.16. The molecule has 3 nitrogen and oxygen atoms in total. The number of nitrogens with one attached hydrogen (secondary N) is 1. The number of likely N-dealkylation sites (N-methyl/N-ethyl adjacent to an activating group) is 1. The maximum atomic E-state index is 5.64. The molecule has 0 aromatic carbocycles. The second kappa shape index (κ2) is 12.9.